The molecule has 2 heterocycles. The van der Waals surface area contributed by atoms with Crippen molar-refractivity contribution >= 4 is 28.5 Å². The highest BCUT2D eigenvalue weighted by Gasteiger charge is 2.08. The van der Waals surface area contributed by atoms with Crippen molar-refractivity contribution in [3.63, 3.8) is 0 Å². The number of benzene rings is 1. The van der Waals surface area contributed by atoms with Crippen LogP contribution in [0.5, 0.6) is 0 Å². The second kappa shape index (κ2) is 4.38. The summed E-state index contributed by atoms with van der Waals surface area (Å²) in [5, 5.41) is 0.941. The fraction of sp³-hybridized carbons (Fsp3) is 0.167. The minimum Gasteiger partial charge on any atom is -0.440 e. The third-order valence-electron chi connectivity index (χ3n) is 2.56. The van der Waals surface area contributed by atoms with Gasteiger partial charge in [0.15, 0.2) is 10.7 Å². The number of hydrogen-bond acceptors (Lipinski definition) is 5. The Morgan fingerprint density at radius 2 is 2.33 bits per heavy atom. The van der Waals surface area contributed by atoms with E-state index in [1.54, 1.807) is 24.0 Å². The van der Waals surface area contributed by atoms with Gasteiger partial charge in [-0.2, -0.15) is 0 Å². The van der Waals surface area contributed by atoms with E-state index in [9.17, 15) is 0 Å². The van der Waals surface area contributed by atoms with E-state index in [1.807, 2.05) is 29.9 Å². The number of rotatable bonds is 3. The number of imidazole rings is 1. The molecule has 0 amide bonds. The van der Waals surface area contributed by atoms with Gasteiger partial charge in [0.1, 0.15) is 5.52 Å². The minimum atomic E-state index is 0.652. The van der Waals surface area contributed by atoms with E-state index in [-0.39, 0.29) is 0 Å². The summed E-state index contributed by atoms with van der Waals surface area (Å²) in [6.07, 6.45) is 3.68. The van der Waals surface area contributed by atoms with Crippen LogP contribution in [0.3, 0.4) is 0 Å². The summed E-state index contributed by atoms with van der Waals surface area (Å²) in [5.74, 6) is 1.34. The molecule has 1 aromatic carbocycles. The fourth-order valence-corrected chi connectivity index (χ4v) is 2.44. The van der Waals surface area contributed by atoms with Crippen LogP contribution in [-0.4, -0.2) is 14.5 Å². The molecule has 5 nitrogen and oxygen atoms in total. The first-order chi connectivity index (χ1) is 8.72. The molecule has 0 fully saturated rings. The van der Waals surface area contributed by atoms with Crippen molar-refractivity contribution in [2.24, 2.45) is 7.05 Å². The predicted octanol–water partition coefficient (Wildman–Crippen LogP) is 2.44. The van der Waals surface area contributed by atoms with Crippen LogP contribution in [0.2, 0.25) is 0 Å². The van der Waals surface area contributed by atoms with Gasteiger partial charge in [0.05, 0.1) is 5.75 Å². The highest BCUT2D eigenvalue weighted by atomic mass is 32.2. The Hall–Kier alpha value is -1.95. The van der Waals surface area contributed by atoms with E-state index in [0.717, 1.165) is 16.3 Å². The topological polar surface area (TPSA) is 69.9 Å². The van der Waals surface area contributed by atoms with Gasteiger partial charge < -0.3 is 14.7 Å². The molecule has 0 saturated heterocycles. The van der Waals surface area contributed by atoms with E-state index in [2.05, 4.69) is 9.97 Å². The number of aryl methyl sites for hydroxylation is 1. The van der Waals surface area contributed by atoms with Gasteiger partial charge in [-0.05, 0) is 12.1 Å². The van der Waals surface area contributed by atoms with Crippen LogP contribution < -0.4 is 5.73 Å². The third-order valence-corrected chi connectivity index (χ3v) is 3.60. The van der Waals surface area contributed by atoms with Crippen LogP contribution in [0, 0.1) is 0 Å². The largest absolute Gasteiger partial charge is 0.440 e. The lowest BCUT2D eigenvalue weighted by Crippen LogP contribution is -1.89. The number of nitrogen functional groups attached to an aromatic ring is 1. The molecule has 0 spiro atoms. The molecule has 0 aliphatic carbocycles. The Kier molecular flexibility index (Phi) is 2.71. The van der Waals surface area contributed by atoms with Crippen LogP contribution in [0.1, 0.15) is 5.89 Å². The van der Waals surface area contributed by atoms with Crippen molar-refractivity contribution in [3.8, 4) is 0 Å². The van der Waals surface area contributed by atoms with E-state index in [1.165, 1.54) is 0 Å². The van der Waals surface area contributed by atoms with Crippen molar-refractivity contribution in [3.05, 3.63) is 36.5 Å². The first-order valence-corrected chi connectivity index (χ1v) is 6.46. The molecule has 0 radical (unpaired) electrons. The normalized spacial score (nSPS) is 11.2. The number of anilines is 1. The summed E-state index contributed by atoms with van der Waals surface area (Å²) in [6, 6.07) is 5.47. The van der Waals surface area contributed by atoms with Gasteiger partial charge in [-0.3, -0.25) is 0 Å². The number of nitrogens with two attached hydrogens (primary N) is 1. The van der Waals surface area contributed by atoms with E-state index in [4.69, 9.17) is 10.2 Å². The zero-order chi connectivity index (χ0) is 12.5. The van der Waals surface area contributed by atoms with Gasteiger partial charge in [0, 0.05) is 31.2 Å². The first-order valence-electron chi connectivity index (χ1n) is 5.47. The molecule has 0 aliphatic heterocycles. The minimum absolute atomic E-state index is 0.652. The lowest BCUT2D eigenvalue weighted by Gasteiger charge is -1.97. The molecule has 2 N–H and O–H groups in total. The van der Waals surface area contributed by atoms with Crippen LogP contribution in [0.25, 0.3) is 11.1 Å². The second-order valence-corrected chi connectivity index (χ2v) is 4.89. The maximum absolute atomic E-state index is 5.70. The maximum atomic E-state index is 5.70. The number of fused-ring (bicyclic) bond motifs is 1. The standard InChI is InChI=1S/C12H12N4OS/c1-16-5-4-14-12(16)18-7-11-15-9-3-2-8(13)6-10(9)17-11/h2-6H,7,13H2,1H3. The van der Waals surface area contributed by atoms with Crippen LogP contribution in [0.15, 0.2) is 40.2 Å². The molecular formula is C12H12N4OS. The van der Waals surface area contributed by atoms with Gasteiger partial charge in [-0.15, -0.1) is 0 Å². The number of thioether (sulfide) groups is 1. The van der Waals surface area contributed by atoms with Crippen molar-refractivity contribution < 1.29 is 4.42 Å². The second-order valence-electron chi connectivity index (χ2n) is 3.94. The van der Waals surface area contributed by atoms with Crippen molar-refractivity contribution in [2.75, 3.05) is 5.73 Å². The first kappa shape index (κ1) is 11.2. The Labute approximate surface area is 108 Å². The van der Waals surface area contributed by atoms with Gasteiger partial charge in [0.25, 0.3) is 0 Å². The Morgan fingerprint density at radius 3 is 3.11 bits per heavy atom. The molecule has 6 heteroatoms. The molecule has 18 heavy (non-hydrogen) atoms. The predicted molar refractivity (Wildman–Crippen MR) is 71.2 cm³/mol. The number of nitrogens with zero attached hydrogens (tertiary/aromatic N) is 3. The van der Waals surface area contributed by atoms with E-state index >= 15 is 0 Å². The molecule has 0 bridgehead atoms. The molecule has 3 rings (SSSR count). The maximum Gasteiger partial charge on any atom is 0.205 e. The Balaban J connectivity index is 1.81. The number of aromatic nitrogens is 3. The lowest BCUT2D eigenvalue weighted by molar-refractivity contribution is 0.556. The molecule has 0 saturated carbocycles. The van der Waals surface area contributed by atoms with Crippen molar-refractivity contribution in [1.82, 2.24) is 14.5 Å². The number of oxazole rings is 1. The monoisotopic (exact) mass is 260 g/mol. The van der Waals surface area contributed by atoms with Gasteiger partial charge >= 0.3 is 0 Å². The quantitative estimate of drug-likeness (QED) is 0.578. The zero-order valence-electron chi connectivity index (χ0n) is 9.83. The van der Waals surface area contributed by atoms with Crippen LogP contribution in [-0.2, 0) is 12.8 Å². The van der Waals surface area contributed by atoms with Crippen LogP contribution >= 0.6 is 11.8 Å². The molecule has 0 aliphatic rings. The molecule has 2 aromatic heterocycles. The van der Waals surface area contributed by atoms with Crippen molar-refractivity contribution in [1.29, 1.82) is 0 Å². The summed E-state index contributed by atoms with van der Waals surface area (Å²) in [5.41, 5.74) is 7.94. The van der Waals surface area contributed by atoms with Crippen LogP contribution in [0.4, 0.5) is 5.69 Å². The molecule has 3 aromatic rings. The van der Waals surface area contributed by atoms with Gasteiger partial charge in [-0.25, -0.2) is 9.97 Å². The summed E-state index contributed by atoms with van der Waals surface area (Å²) in [6.45, 7) is 0. The highest BCUT2D eigenvalue weighted by Crippen LogP contribution is 2.24. The average Bonchev–Trinajstić information content (AvgIpc) is 2.92. The summed E-state index contributed by atoms with van der Waals surface area (Å²) >= 11 is 1.59. The highest BCUT2D eigenvalue weighted by molar-refractivity contribution is 7.98. The SMILES string of the molecule is Cn1ccnc1SCc1nc2ccc(N)cc2o1. The lowest BCUT2D eigenvalue weighted by atomic mass is 10.3. The average molecular weight is 260 g/mol. The summed E-state index contributed by atoms with van der Waals surface area (Å²) < 4.78 is 7.60. The van der Waals surface area contributed by atoms with Gasteiger partial charge in [0.2, 0.25) is 5.89 Å². The fourth-order valence-electron chi connectivity index (χ4n) is 1.67. The molecular weight excluding hydrogens is 248 g/mol. The van der Waals surface area contributed by atoms with E-state index in [0.29, 0.717) is 17.3 Å². The smallest absolute Gasteiger partial charge is 0.205 e. The van der Waals surface area contributed by atoms with Crippen molar-refractivity contribution in [2.45, 2.75) is 10.9 Å². The molecule has 0 atom stereocenters. The van der Waals surface area contributed by atoms with Gasteiger partial charge in [-0.1, -0.05) is 11.8 Å². The molecule has 92 valence electrons. The third kappa shape index (κ3) is 2.06. The molecule has 0 unspecified atom stereocenters. The Bertz CT molecular complexity index is 688. The zero-order valence-corrected chi connectivity index (χ0v) is 10.6. The number of hydrogen-bond donors (Lipinski definition) is 1. The Morgan fingerprint density at radius 1 is 1.44 bits per heavy atom. The van der Waals surface area contributed by atoms with E-state index < -0.39 is 0 Å². The summed E-state index contributed by atoms with van der Waals surface area (Å²) in [7, 11) is 1.96. The summed E-state index contributed by atoms with van der Waals surface area (Å²) in [4.78, 5) is 8.64.